The van der Waals surface area contributed by atoms with Crippen LogP contribution in [-0.2, 0) is 9.47 Å². The van der Waals surface area contributed by atoms with Crippen LogP contribution in [0.5, 0.6) is 0 Å². The predicted molar refractivity (Wildman–Crippen MR) is 64.5 cm³/mol. The molecule has 1 fully saturated rings. The summed E-state index contributed by atoms with van der Waals surface area (Å²) in [6.45, 7) is 6.83. The molecule has 1 heterocycles. The van der Waals surface area contributed by atoms with Crippen LogP contribution in [0.3, 0.4) is 0 Å². The summed E-state index contributed by atoms with van der Waals surface area (Å²) < 4.78 is 24.2. The molecule has 1 aromatic carbocycles. The van der Waals surface area contributed by atoms with Crippen molar-refractivity contribution in [2.45, 2.75) is 32.6 Å². The van der Waals surface area contributed by atoms with Crippen LogP contribution in [0, 0.1) is 12.7 Å². The number of ether oxygens (including phenoxy) is 2. The van der Waals surface area contributed by atoms with Crippen LogP contribution >= 0.6 is 0 Å². The molecule has 1 aromatic rings. The van der Waals surface area contributed by atoms with Crippen LogP contribution in [0.15, 0.2) is 18.2 Å². The largest absolute Gasteiger partial charge is 0.377 e. The molecule has 0 aromatic heterocycles. The Bertz CT molecular complexity index is 396. The number of anilines is 1. The molecule has 0 saturated carbocycles. The number of hydrogen-bond acceptors (Lipinski definition) is 3. The van der Waals surface area contributed by atoms with Crippen LogP contribution in [0.1, 0.15) is 19.4 Å². The van der Waals surface area contributed by atoms with E-state index in [1.807, 2.05) is 20.8 Å². The maximum atomic E-state index is 13.1. The number of rotatable bonds is 2. The summed E-state index contributed by atoms with van der Waals surface area (Å²) in [4.78, 5) is 0. The highest BCUT2D eigenvalue weighted by Crippen LogP contribution is 2.21. The second kappa shape index (κ2) is 4.63. The normalized spacial score (nSPS) is 20.2. The Morgan fingerprint density at radius 2 is 1.94 bits per heavy atom. The first kappa shape index (κ1) is 12.3. The van der Waals surface area contributed by atoms with Crippen molar-refractivity contribution in [3.05, 3.63) is 29.6 Å². The highest BCUT2D eigenvalue weighted by atomic mass is 19.1. The van der Waals surface area contributed by atoms with Gasteiger partial charge in [-0.2, -0.15) is 0 Å². The van der Waals surface area contributed by atoms with E-state index in [0.717, 1.165) is 11.3 Å². The van der Waals surface area contributed by atoms with Gasteiger partial charge >= 0.3 is 0 Å². The van der Waals surface area contributed by atoms with E-state index >= 15 is 0 Å². The standard InChI is InChI=1S/C13H18FNO2/c1-9-4-5-10(14)6-12(9)15-11-7-16-13(2,3)17-8-11/h4-6,11,15H,7-8H2,1-3H3. The van der Waals surface area contributed by atoms with E-state index in [2.05, 4.69) is 5.32 Å². The van der Waals surface area contributed by atoms with Gasteiger partial charge in [0, 0.05) is 5.69 Å². The summed E-state index contributed by atoms with van der Waals surface area (Å²) in [6, 6.07) is 4.77. The molecule has 0 atom stereocenters. The molecule has 0 bridgehead atoms. The lowest BCUT2D eigenvalue weighted by Crippen LogP contribution is -2.45. The first-order valence-electron chi connectivity index (χ1n) is 5.77. The molecule has 0 amide bonds. The summed E-state index contributed by atoms with van der Waals surface area (Å²) in [5.74, 6) is -0.758. The lowest BCUT2D eigenvalue weighted by molar-refractivity contribution is -0.247. The van der Waals surface area contributed by atoms with Gasteiger partial charge in [0.15, 0.2) is 5.79 Å². The highest BCUT2D eigenvalue weighted by molar-refractivity contribution is 5.51. The van der Waals surface area contributed by atoms with Crippen LogP contribution in [-0.4, -0.2) is 25.0 Å². The first-order valence-corrected chi connectivity index (χ1v) is 5.77. The average molecular weight is 239 g/mol. The number of aryl methyl sites for hydroxylation is 1. The monoisotopic (exact) mass is 239 g/mol. The minimum atomic E-state index is -0.519. The van der Waals surface area contributed by atoms with Crippen molar-refractivity contribution in [3.8, 4) is 0 Å². The van der Waals surface area contributed by atoms with E-state index in [-0.39, 0.29) is 11.9 Å². The van der Waals surface area contributed by atoms with Gasteiger partial charge in [0.05, 0.1) is 19.3 Å². The van der Waals surface area contributed by atoms with E-state index < -0.39 is 5.79 Å². The summed E-state index contributed by atoms with van der Waals surface area (Å²) in [5.41, 5.74) is 1.80. The van der Waals surface area contributed by atoms with Gasteiger partial charge in [-0.05, 0) is 38.5 Å². The molecule has 0 spiro atoms. The number of hydrogen-bond donors (Lipinski definition) is 1. The van der Waals surface area contributed by atoms with Crippen molar-refractivity contribution < 1.29 is 13.9 Å². The molecule has 3 nitrogen and oxygen atoms in total. The van der Waals surface area contributed by atoms with Gasteiger partial charge in [-0.15, -0.1) is 0 Å². The SMILES string of the molecule is Cc1ccc(F)cc1NC1COC(C)(C)OC1. The zero-order valence-electron chi connectivity index (χ0n) is 10.4. The van der Waals surface area contributed by atoms with Gasteiger partial charge in [0.25, 0.3) is 0 Å². The Hall–Kier alpha value is -1.13. The Morgan fingerprint density at radius 1 is 1.29 bits per heavy atom. The first-order chi connectivity index (χ1) is 7.96. The molecule has 17 heavy (non-hydrogen) atoms. The number of nitrogens with one attached hydrogen (secondary N) is 1. The smallest absolute Gasteiger partial charge is 0.162 e. The molecular formula is C13H18FNO2. The molecule has 2 rings (SSSR count). The predicted octanol–water partition coefficient (Wildman–Crippen LogP) is 2.70. The van der Waals surface area contributed by atoms with Gasteiger partial charge in [-0.3, -0.25) is 0 Å². The van der Waals surface area contributed by atoms with Gasteiger partial charge in [0.1, 0.15) is 5.82 Å². The van der Waals surface area contributed by atoms with Gasteiger partial charge in [-0.1, -0.05) is 6.07 Å². The van der Waals surface area contributed by atoms with Crippen LogP contribution < -0.4 is 5.32 Å². The Kier molecular flexibility index (Phi) is 3.35. The fourth-order valence-electron chi connectivity index (χ4n) is 1.75. The molecule has 0 unspecified atom stereocenters. The zero-order valence-corrected chi connectivity index (χ0v) is 10.4. The lowest BCUT2D eigenvalue weighted by atomic mass is 10.1. The topological polar surface area (TPSA) is 30.5 Å². The van der Waals surface area contributed by atoms with E-state index in [1.54, 1.807) is 6.07 Å². The van der Waals surface area contributed by atoms with Crippen LogP contribution in [0.25, 0.3) is 0 Å². The molecule has 0 aliphatic carbocycles. The second-order valence-electron chi connectivity index (χ2n) is 4.82. The minimum Gasteiger partial charge on any atom is -0.377 e. The number of halogens is 1. The van der Waals surface area contributed by atoms with E-state index in [9.17, 15) is 4.39 Å². The van der Waals surface area contributed by atoms with Crippen molar-refractivity contribution in [2.75, 3.05) is 18.5 Å². The summed E-state index contributed by atoms with van der Waals surface area (Å²) in [7, 11) is 0. The van der Waals surface area contributed by atoms with Gasteiger partial charge < -0.3 is 14.8 Å². The Labute approximate surface area is 101 Å². The third-order valence-corrected chi connectivity index (χ3v) is 2.82. The lowest BCUT2D eigenvalue weighted by Gasteiger charge is -2.35. The Morgan fingerprint density at radius 3 is 2.59 bits per heavy atom. The summed E-state index contributed by atoms with van der Waals surface area (Å²) >= 11 is 0. The molecule has 1 saturated heterocycles. The Balaban J connectivity index is 2.00. The summed E-state index contributed by atoms with van der Waals surface area (Å²) in [6.07, 6.45) is 0. The second-order valence-corrected chi connectivity index (χ2v) is 4.82. The highest BCUT2D eigenvalue weighted by Gasteiger charge is 2.28. The van der Waals surface area contributed by atoms with Crippen molar-refractivity contribution >= 4 is 5.69 Å². The van der Waals surface area contributed by atoms with Gasteiger partial charge in [0.2, 0.25) is 0 Å². The quantitative estimate of drug-likeness (QED) is 0.860. The van der Waals surface area contributed by atoms with Crippen molar-refractivity contribution in [2.24, 2.45) is 0 Å². The third kappa shape index (κ3) is 3.17. The average Bonchev–Trinajstić information content (AvgIpc) is 2.26. The van der Waals surface area contributed by atoms with Crippen molar-refractivity contribution in [1.82, 2.24) is 0 Å². The van der Waals surface area contributed by atoms with E-state index in [4.69, 9.17) is 9.47 Å². The van der Waals surface area contributed by atoms with Crippen molar-refractivity contribution in [3.63, 3.8) is 0 Å². The molecule has 1 N–H and O–H groups in total. The maximum absolute atomic E-state index is 13.1. The zero-order chi connectivity index (χ0) is 12.5. The third-order valence-electron chi connectivity index (χ3n) is 2.82. The van der Waals surface area contributed by atoms with Crippen molar-refractivity contribution in [1.29, 1.82) is 0 Å². The fourth-order valence-corrected chi connectivity index (χ4v) is 1.75. The molecule has 0 radical (unpaired) electrons. The molecule has 1 aliphatic heterocycles. The molecule has 1 aliphatic rings. The van der Waals surface area contributed by atoms with Crippen LogP contribution in [0.4, 0.5) is 10.1 Å². The summed E-state index contributed by atoms with van der Waals surface area (Å²) in [5, 5.41) is 3.24. The number of benzene rings is 1. The van der Waals surface area contributed by atoms with Gasteiger partial charge in [-0.25, -0.2) is 4.39 Å². The molecule has 94 valence electrons. The van der Waals surface area contributed by atoms with Crippen LogP contribution in [0.2, 0.25) is 0 Å². The van der Waals surface area contributed by atoms with E-state index in [0.29, 0.717) is 13.2 Å². The maximum Gasteiger partial charge on any atom is 0.162 e. The molecular weight excluding hydrogens is 221 g/mol. The molecule has 4 heteroatoms. The fraction of sp³-hybridized carbons (Fsp3) is 0.538. The van der Waals surface area contributed by atoms with E-state index in [1.165, 1.54) is 12.1 Å². The minimum absolute atomic E-state index is 0.0588.